The predicted octanol–water partition coefficient (Wildman–Crippen LogP) is 3.08. The maximum atomic E-state index is 13.5. The lowest BCUT2D eigenvalue weighted by Crippen LogP contribution is -2.45. The zero-order valence-electron chi connectivity index (χ0n) is 18.4. The number of benzene rings is 2. The van der Waals surface area contributed by atoms with Gasteiger partial charge in [0.25, 0.3) is 5.91 Å². The van der Waals surface area contributed by atoms with E-state index in [1.54, 1.807) is 26.0 Å². The number of amides is 2. The van der Waals surface area contributed by atoms with Gasteiger partial charge in [-0.2, -0.15) is 4.31 Å². The molecule has 2 aliphatic heterocycles. The quantitative estimate of drug-likeness (QED) is 0.668. The Balaban J connectivity index is 1.49. The first-order valence-electron chi connectivity index (χ1n) is 10.8. The molecular formula is C23H26ClN3O5S. The van der Waals surface area contributed by atoms with Crippen molar-refractivity contribution in [1.82, 2.24) is 9.62 Å². The summed E-state index contributed by atoms with van der Waals surface area (Å²) in [4.78, 5) is 24.7. The van der Waals surface area contributed by atoms with Crippen molar-refractivity contribution < 1.29 is 22.7 Å². The number of hydrogen-bond donors (Lipinski definition) is 2. The van der Waals surface area contributed by atoms with E-state index in [2.05, 4.69) is 10.6 Å². The first-order chi connectivity index (χ1) is 15.7. The number of rotatable bonds is 5. The standard InChI is InChI=1S/C23H26ClN3O5S/c1-14-10-19-20(32-15(2)22(28)26-19)11-21(14)33(30,31)27-9-5-7-17(13-27)23(29)25-12-16-6-3-4-8-18(16)24/h3-4,6,8,10-11,15,17H,5,7,9,12-13H2,1-2H3,(H,25,29)(H,26,28)/t15-,17-/m0/s1. The number of anilines is 1. The van der Waals surface area contributed by atoms with Gasteiger partial charge < -0.3 is 15.4 Å². The third-order valence-corrected chi connectivity index (χ3v) is 8.37. The van der Waals surface area contributed by atoms with Gasteiger partial charge in [-0.25, -0.2) is 8.42 Å². The van der Waals surface area contributed by atoms with Crippen LogP contribution in [0.3, 0.4) is 0 Å². The highest BCUT2D eigenvalue weighted by molar-refractivity contribution is 7.89. The first kappa shape index (κ1) is 23.5. The maximum Gasteiger partial charge on any atom is 0.265 e. The fourth-order valence-electron chi connectivity index (χ4n) is 4.10. The fourth-order valence-corrected chi connectivity index (χ4v) is 6.05. The second-order valence-corrected chi connectivity index (χ2v) is 10.7. The summed E-state index contributed by atoms with van der Waals surface area (Å²) in [6, 6.07) is 10.3. The van der Waals surface area contributed by atoms with Gasteiger partial charge in [0.1, 0.15) is 5.75 Å². The summed E-state index contributed by atoms with van der Waals surface area (Å²) >= 11 is 6.15. The number of carbonyl (C=O) groups excluding carboxylic acids is 2. The van der Waals surface area contributed by atoms with Gasteiger partial charge in [-0.1, -0.05) is 29.8 Å². The molecule has 2 atom stereocenters. The topological polar surface area (TPSA) is 105 Å². The van der Waals surface area contributed by atoms with Crippen LogP contribution in [0.1, 0.15) is 30.9 Å². The van der Waals surface area contributed by atoms with E-state index in [0.717, 1.165) is 5.56 Å². The molecule has 2 heterocycles. The first-order valence-corrected chi connectivity index (χ1v) is 12.6. The van der Waals surface area contributed by atoms with E-state index in [1.807, 2.05) is 18.2 Å². The molecule has 0 bridgehead atoms. The Morgan fingerprint density at radius 1 is 1.30 bits per heavy atom. The summed E-state index contributed by atoms with van der Waals surface area (Å²) < 4.78 is 33.9. The summed E-state index contributed by atoms with van der Waals surface area (Å²) in [7, 11) is -3.86. The third kappa shape index (κ3) is 4.85. The largest absolute Gasteiger partial charge is 0.479 e. The maximum absolute atomic E-state index is 13.5. The van der Waals surface area contributed by atoms with Crippen LogP contribution in [0.15, 0.2) is 41.3 Å². The van der Waals surface area contributed by atoms with Crippen molar-refractivity contribution in [2.45, 2.75) is 44.2 Å². The highest BCUT2D eigenvalue weighted by Gasteiger charge is 2.35. The zero-order chi connectivity index (χ0) is 23.8. The molecule has 0 radical (unpaired) electrons. The second kappa shape index (κ2) is 9.32. The van der Waals surface area contributed by atoms with Crippen molar-refractivity contribution in [2.24, 2.45) is 5.92 Å². The lowest BCUT2D eigenvalue weighted by atomic mass is 9.99. The molecule has 0 aromatic heterocycles. The Labute approximate surface area is 198 Å². The van der Waals surface area contributed by atoms with Crippen LogP contribution in [0.25, 0.3) is 0 Å². The molecule has 2 amide bonds. The molecule has 33 heavy (non-hydrogen) atoms. The molecular weight excluding hydrogens is 466 g/mol. The molecule has 1 fully saturated rings. The molecule has 0 aliphatic carbocycles. The van der Waals surface area contributed by atoms with E-state index in [-0.39, 0.29) is 29.8 Å². The molecule has 8 nitrogen and oxygen atoms in total. The summed E-state index contributed by atoms with van der Waals surface area (Å²) in [5.74, 6) is -0.613. The summed E-state index contributed by atoms with van der Waals surface area (Å²) in [5.41, 5.74) is 1.75. The van der Waals surface area contributed by atoms with Crippen LogP contribution in [-0.2, 0) is 26.2 Å². The fraction of sp³-hybridized carbons (Fsp3) is 0.391. The summed E-state index contributed by atoms with van der Waals surface area (Å²) in [5, 5.41) is 6.18. The SMILES string of the molecule is Cc1cc2c(cc1S(=O)(=O)N1CCC[C@H](C(=O)NCc3ccccc3Cl)C1)O[C@@H](C)C(=O)N2. The van der Waals surface area contributed by atoms with Crippen molar-refractivity contribution in [3.63, 3.8) is 0 Å². The second-order valence-electron chi connectivity index (χ2n) is 8.37. The Morgan fingerprint density at radius 3 is 2.82 bits per heavy atom. The van der Waals surface area contributed by atoms with Crippen LogP contribution < -0.4 is 15.4 Å². The van der Waals surface area contributed by atoms with E-state index in [1.165, 1.54) is 10.4 Å². The van der Waals surface area contributed by atoms with Crippen molar-refractivity contribution >= 4 is 39.1 Å². The number of ether oxygens (including phenoxy) is 1. The average molecular weight is 492 g/mol. The summed E-state index contributed by atoms with van der Waals surface area (Å²) in [6.07, 6.45) is 0.477. The number of nitrogens with one attached hydrogen (secondary N) is 2. The number of hydrogen-bond acceptors (Lipinski definition) is 5. The number of fused-ring (bicyclic) bond motifs is 1. The summed E-state index contributed by atoms with van der Waals surface area (Å²) in [6.45, 7) is 3.99. The van der Waals surface area contributed by atoms with Crippen LogP contribution in [-0.4, -0.2) is 43.7 Å². The monoisotopic (exact) mass is 491 g/mol. The minimum Gasteiger partial charge on any atom is -0.479 e. The number of piperidine rings is 1. The lowest BCUT2D eigenvalue weighted by Gasteiger charge is -2.32. The molecule has 4 rings (SSSR count). The number of halogens is 1. The highest BCUT2D eigenvalue weighted by Crippen LogP contribution is 2.36. The zero-order valence-corrected chi connectivity index (χ0v) is 20.0. The average Bonchev–Trinajstić information content (AvgIpc) is 2.79. The third-order valence-electron chi connectivity index (χ3n) is 5.99. The smallest absolute Gasteiger partial charge is 0.265 e. The van der Waals surface area contributed by atoms with Gasteiger partial charge in [0, 0.05) is 30.7 Å². The van der Waals surface area contributed by atoms with E-state index < -0.39 is 22.0 Å². The van der Waals surface area contributed by atoms with Gasteiger partial charge in [0.15, 0.2) is 6.10 Å². The Hall–Kier alpha value is -2.62. The Morgan fingerprint density at radius 2 is 2.06 bits per heavy atom. The molecule has 2 aromatic carbocycles. The van der Waals surface area contributed by atoms with Crippen molar-refractivity contribution in [2.75, 3.05) is 18.4 Å². The van der Waals surface area contributed by atoms with Gasteiger partial charge >= 0.3 is 0 Å². The van der Waals surface area contributed by atoms with Crippen molar-refractivity contribution in [3.8, 4) is 5.75 Å². The number of carbonyl (C=O) groups is 2. The Bertz CT molecular complexity index is 1200. The Kier molecular flexibility index (Phi) is 6.65. The van der Waals surface area contributed by atoms with Crippen LogP contribution >= 0.6 is 11.6 Å². The van der Waals surface area contributed by atoms with Crippen molar-refractivity contribution in [3.05, 3.63) is 52.5 Å². The molecule has 0 spiro atoms. The molecule has 176 valence electrons. The minimum absolute atomic E-state index is 0.0984. The number of aryl methyl sites for hydroxylation is 1. The van der Waals surface area contributed by atoms with Crippen LogP contribution in [0.2, 0.25) is 5.02 Å². The van der Waals surface area contributed by atoms with Crippen molar-refractivity contribution in [1.29, 1.82) is 0 Å². The van der Waals surface area contributed by atoms with Gasteiger partial charge in [-0.3, -0.25) is 9.59 Å². The van der Waals surface area contributed by atoms with E-state index in [4.69, 9.17) is 16.3 Å². The molecule has 0 unspecified atom stereocenters. The molecule has 1 saturated heterocycles. The number of sulfonamides is 1. The number of nitrogens with zero attached hydrogens (tertiary/aromatic N) is 1. The van der Waals surface area contributed by atoms with E-state index >= 15 is 0 Å². The highest BCUT2D eigenvalue weighted by atomic mass is 35.5. The molecule has 0 saturated carbocycles. The predicted molar refractivity (Wildman–Crippen MR) is 125 cm³/mol. The van der Waals surface area contributed by atoms with Crippen LogP contribution in [0.4, 0.5) is 5.69 Å². The van der Waals surface area contributed by atoms with E-state index in [0.29, 0.717) is 41.4 Å². The van der Waals surface area contributed by atoms with Gasteiger partial charge in [-0.15, -0.1) is 0 Å². The normalized spacial score (nSPS) is 21.0. The van der Waals surface area contributed by atoms with Gasteiger partial charge in [0.2, 0.25) is 15.9 Å². The molecule has 2 aliphatic rings. The van der Waals surface area contributed by atoms with Crippen LogP contribution in [0, 0.1) is 12.8 Å². The lowest BCUT2D eigenvalue weighted by molar-refractivity contribution is -0.126. The van der Waals surface area contributed by atoms with Gasteiger partial charge in [0.05, 0.1) is 16.5 Å². The van der Waals surface area contributed by atoms with Gasteiger partial charge in [-0.05, 0) is 49.9 Å². The molecule has 2 N–H and O–H groups in total. The minimum atomic E-state index is -3.86. The van der Waals surface area contributed by atoms with Crippen LogP contribution in [0.5, 0.6) is 5.75 Å². The molecule has 10 heteroatoms. The molecule has 2 aromatic rings. The van der Waals surface area contributed by atoms with E-state index in [9.17, 15) is 18.0 Å².